The largest absolute Gasteiger partial charge is 0.384 e. The van der Waals surface area contributed by atoms with Crippen LogP contribution in [0.4, 0.5) is 5.69 Å². The number of hydrazine groups is 1. The number of methoxy groups -OCH3 is 1. The lowest BCUT2D eigenvalue weighted by atomic mass is 9.82. The van der Waals surface area contributed by atoms with Crippen molar-refractivity contribution in [2.75, 3.05) is 32.2 Å². The molecule has 128 valence electrons. The molecule has 1 aromatic carbocycles. The van der Waals surface area contributed by atoms with Crippen LogP contribution in [0.2, 0.25) is 0 Å². The van der Waals surface area contributed by atoms with Crippen LogP contribution in [0.1, 0.15) is 24.1 Å². The van der Waals surface area contributed by atoms with Crippen molar-refractivity contribution in [2.45, 2.75) is 26.2 Å². The second-order valence-corrected chi connectivity index (χ2v) is 6.89. The van der Waals surface area contributed by atoms with Crippen molar-refractivity contribution in [3.8, 4) is 0 Å². The van der Waals surface area contributed by atoms with E-state index in [4.69, 9.17) is 4.74 Å². The van der Waals surface area contributed by atoms with Crippen LogP contribution >= 0.6 is 0 Å². The highest BCUT2D eigenvalue weighted by Crippen LogP contribution is 2.35. The fraction of sp³-hybridized carbons (Fsp3) is 0.450. The van der Waals surface area contributed by atoms with Crippen molar-refractivity contribution in [3.05, 3.63) is 59.9 Å². The first-order valence-corrected chi connectivity index (χ1v) is 8.66. The van der Waals surface area contributed by atoms with Crippen molar-refractivity contribution >= 4 is 5.69 Å². The third-order valence-electron chi connectivity index (χ3n) is 4.87. The van der Waals surface area contributed by atoms with Gasteiger partial charge < -0.3 is 10.2 Å². The predicted octanol–water partition coefficient (Wildman–Crippen LogP) is 3.69. The first kappa shape index (κ1) is 16.9. The van der Waals surface area contributed by atoms with Gasteiger partial charge in [0, 0.05) is 31.3 Å². The molecular weight excluding hydrogens is 298 g/mol. The highest BCUT2D eigenvalue weighted by atomic mass is 16.5. The summed E-state index contributed by atoms with van der Waals surface area (Å²) in [4.78, 5) is 4.36. The topological polar surface area (TPSA) is 37.4 Å². The summed E-state index contributed by atoms with van der Waals surface area (Å²) in [5.41, 5.74) is 7.21. The summed E-state index contributed by atoms with van der Waals surface area (Å²) < 4.78 is 5.57. The van der Waals surface area contributed by atoms with Gasteiger partial charge in [0.05, 0.1) is 18.5 Å². The number of anilines is 1. The zero-order valence-corrected chi connectivity index (χ0v) is 14.7. The molecule has 0 spiro atoms. The third-order valence-corrected chi connectivity index (χ3v) is 4.87. The smallest absolute Gasteiger partial charge is 0.0673 e. The number of rotatable bonds is 7. The van der Waals surface area contributed by atoms with Gasteiger partial charge >= 0.3 is 0 Å². The zero-order valence-electron chi connectivity index (χ0n) is 14.7. The minimum atomic E-state index is 0.218. The van der Waals surface area contributed by atoms with Crippen molar-refractivity contribution in [2.24, 2.45) is 5.41 Å². The molecule has 1 aromatic heterocycles. The Hall–Kier alpha value is -1.91. The summed E-state index contributed by atoms with van der Waals surface area (Å²) in [6.45, 7) is 4.85. The lowest BCUT2D eigenvalue weighted by molar-refractivity contribution is 0.0792. The van der Waals surface area contributed by atoms with Crippen LogP contribution in [0.5, 0.6) is 0 Å². The summed E-state index contributed by atoms with van der Waals surface area (Å²) in [6.07, 6.45) is 5.30. The van der Waals surface area contributed by atoms with Gasteiger partial charge in [-0.05, 0) is 43.9 Å². The minimum Gasteiger partial charge on any atom is -0.384 e. The maximum Gasteiger partial charge on any atom is 0.0673 e. The molecule has 0 aliphatic carbocycles. The summed E-state index contributed by atoms with van der Waals surface area (Å²) in [5, 5.41) is 2.30. The van der Waals surface area contributed by atoms with E-state index in [1.807, 2.05) is 26.3 Å². The van der Waals surface area contributed by atoms with Gasteiger partial charge in [0.1, 0.15) is 0 Å². The van der Waals surface area contributed by atoms with Crippen LogP contribution in [0.3, 0.4) is 0 Å². The number of nitrogens with one attached hydrogen (secondary N) is 1. The second kappa shape index (κ2) is 7.77. The van der Waals surface area contributed by atoms with Crippen LogP contribution in [0.15, 0.2) is 48.7 Å². The quantitative estimate of drug-likeness (QED) is 0.842. The van der Waals surface area contributed by atoms with Crippen molar-refractivity contribution < 1.29 is 4.74 Å². The molecule has 0 radical (unpaired) electrons. The Bertz CT molecular complexity index is 629. The van der Waals surface area contributed by atoms with Gasteiger partial charge in [0.25, 0.3) is 0 Å². The summed E-state index contributed by atoms with van der Waals surface area (Å²) in [7, 11) is 1.81. The maximum absolute atomic E-state index is 5.57. The van der Waals surface area contributed by atoms with Crippen LogP contribution in [-0.4, -0.2) is 36.8 Å². The molecule has 2 aromatic rings. The van der Waals surface area contributed by atoms with E-state index < -0.39 is 0 Å². The van der Waals surface area contributed by atoms with Crippen LogP contribution in [0, 0.1) is 12.3 Å². The van der Waals surface area contributed by atoms with Gasteiger partial charge in [-0.2, -0.15) is 0 Å². The first-order chi connectivity index (χ1) is 11.7. The van der Waals surface area contributed by atoms with E-state index in [2.05, 4.69) is 51.8 Å². The molecule has 2 heterocycles. The zero-order chi connectivity index (χ0) is 16.8. The van der Waals surface area contributed by atoms with E-state index in [0.29, 0.717) is 0 Å². The molecule has 1 fully saturated rings. The van der Waals surface area contributed by atoms with Gasteiger partial charge in [-0.3, -0.25) is 4.98 Å². The van der Waals surface area contributed by atoms with E-state index in [1.54, 1.807) is 0 Å². The number of benzene rings is 1. The maximum atomic E-state index is 5.57. The minimum absolute atomic E-state index is 0.218. The molecule has 1 aliphatic heterocycles. The van der Waals surface area contributed by atoms with Gasteiger partial charge in [0.2, 0.25) is 0 Å². The molecule has 0 bridgehead atoms. The summed E-state index contributed by atoms with van der Waals surface area (Å²) in [5.74, 6) is 0. The fourth-order valence-corrected chi connectivity index (χ4v) is 3.50. The van der Waals surface area contributed by atoms with Crippen molar-refractivity contribution in [1.82, 2.24) is 9.99 Å². The standard InChI is InChI=1S/C20H27N3O/c1-17-8-9-19(14-21-17)22-23-13-12-20(15-23,16-24-2)11-10-18-6-4-3-5-7-18/h3-9,14,22H,10-13,15-16H2,1-2H3/t20-/m0/s1. The van der Waals surface area contributed by atoms with E-state index >= 15 is 0 Å². The predicted molar refractivity (Wildman–Crippen MR) is 97.9 cm³/mol. The van der Waals surface area contributed by atoms with E-state index in [1.165, 1.54) is 5.56 Å². The Kier molecular flexibility index (Phi) is 5.48. The molecule has 1 atom stereocenters. The van der Waals surface area contributed by atoms with Crippen molar-refractivity contribution in [1.29, 1.82) is 0 Å². The molecule has 3 rings (SSSR count). The number of aryl methyl sites for hydroxylation is 2. The Balaban J connectivity index is 1.60. The third kappa shape index (κ3) is 4.34. The van der Waals surface area contributed by atoms with Crippen molar-refractivity contribution in [3.63, 3.8) is 0 Å². The molecule has 1 N–H and O–H groups in total. The Morgan fingerprint density at radius 3 is 2.75 bits per heavy atom. The van der Waals surface area contributed by atoms with Crippen LogP contribution in [0.25, 0.3) is 0 Å². The Morgan fingerprint density at radius 2 is 2.04 bits per heavy atom. The normalized spacial score (nSPS) is 21.1. The monoisotopic (exact) mass is 325 g/mol. The lowest BCUT2D eigenvalue weighted by Gasteiger charge is -2.29. The van der Waals surface area contributed by atoms with E-state index in [-0.39, 0.29) is 5.41 Å². The summed E-state index contributed by atoms with van der Waals surface area (Å²) >= 11 is 0. The SMILES string of the molecule is COC[C@@]1(CCc2ccccc2)CCN(Nc2ccc(C)nc2)C1. The average molecular weight is 325 g/mol. The molecule has 4 heteroatoms. The molecule has 24 heavy (non-hydrogen) atoms. The molecule has 4 nitrogen and oxygen atoms in total. The van der Waals surface area contributed by atoms with Gasteiger partial charge in [-0.25, -0.2) is 5.01 Å². The molecule has 0 unspecified atom stereocenters. The molecule has 0 saturated carbocycles. The first-order valence-electron chi connectivity index (χ1n) is 8.66. The number of pyridine rings is 1. The molecule has 1 aliphatic rings. The number of hydrogen-bond acceptors (Lipinski definition) is 4. The van der Waals surface area contributed by atoms with E-state index in [9.17, 15) is 0 Å². The second-order valence-electron chi connectivity index (χ2n) is 6.89. The number of nitrogens with zero attached hydrogens (tertiary/aromatic N) is 2. The average Bonchev–Trinajstić information content (AvgIpc) is 3.00. The molecule has 0 amide bonds. The van der Waals surface area contributed by atoms with Gasteiger partial charge in [0.15, 0.2) is 0 Å². The highest BCUT2D eigenvalue weighted by Gasteiger charge is 2.38. The van der Waals surface area contributed by atoms with Gasteiger partial charge in [-0.15, -0.1) is 0 Å². The fourth-order valence-electron chi connectivity index (χ4n) is 3.50. The molecule has 1 saturated heterocycles. The van der Waals surface area contributed by atoms with Gasteiger partial charge in [-0.1, -0.05) is 30.3 Å². The van der Waals surface area contributed by atoms with Crippen LogP contribution in [-0.2, 0) is 11.2 Å². The Labute approximate surface area is 144 Å². The van der Waals surface area contributed by atoms with Crippen LogP contribution < -0.4 is 5.43 Å². The molecular formula is C20H27N3O. The number of aromatic nitrogens is 1. The number of hydrogen-bond donors (Lipinski definition) is 1. The Morgan fingerprint density at radius 1 is 1.21 bits per heavy atom. The lowest BCUT2D eigenvalue weighted by Crippen LogP contribution is -2.34. The summed E-state index contributed by atoms with van der Waals surface area (Å²) in [6, 6.07) is 14.9. The number of ether oxygens (including phenoxy) is 1. The van der Waals surface area contributed by atoms with E-state index in [0.717, 1.165) is 50.3 Å². The highest BCUT2D eigenvalue weighted by molar-refractivity contribution is 5.40.